The van der Waals surface area contributed by atoms with Crippen LogP contribution in [0.3, 0.4) is 0 Å². The van der Waals surface area contributed by atoms with Gasteiger partial charge in [0.15, 0.2) is 5.78 Å². The molecule has 0 bridgehead atoms. The van der Waals surface area contributed by atoms with Crippen molar-refractivity contribution < 1.29 is 13.6 Å². The molecule has 0 spiro atoms. The highest BCUT2D eigenvalue weighted by Gasteiger charge is 2.16. The first-order valence-corrected chi connectivity index (χ1v) is 5.49. The van der Waals surface area contributed by atoms with Gasteiger partial charge in [0.05, 0.1) is 0 Å². The number of pyridine rings is 1. The minimum absolute atomic E-state index is 0.0451. The molecule has 18 heavy (non-hydrogen) atoms. The van der Waals surface area contributed by atoms with E-state index in [-0.39, 0.29) is 21.9 Å². The van der Waals surface area contributed by atoms with Crippen LogP contribution in [0.5, 0.6) is 0 Å². The van der Waals surface area contributed by atoms with Gasteiger partial charge in [0.2, 0.25) is 0 Å². The van der Waals surface area contributed by atoms with E-state index in [0.717, 1.165) is 6.07 Å². The monoisotopic (exact) mass is 267 g/mol. The van der Waals surface area contributed by atoms with Gasteiger partial charge in [-0.2, -0.15) is 0 Å². The Kier molecular flexibility index (Phi) is 3.67. The van der Waals surface area contributed by atoms with Crippen molar-refractivity contribution in [3.8, 4) is 0 Å². The van der Waals surface area contributed by atoms with E-state index in [0.29, 0.717) is 5.56 Å². The maximum absolute atomic E-state index is 12.7. The Balaban J connectivity index is 2.41. The molecule has 0 aliphatic carbocycles. The molecule has 0 aliphatic rings. The lowest BCUT2D eigenvalue weighted by Crippen LogP contribution is -2.02. The van der Waals surface area contributed by atoms with Gasteiger partial charge in [-0.3, -0.25) is 9.78 Å². The summed E-state index contributed by atoms with van der Waals surface area (Å²) in [7, 11) is 0. The van der Waals surface area contributed by atoms with E-state index in [1.54, 1.807) is 0 Å². The number of benzene rings is 1. The van der Waals surface area contributed by atoms with Gasteiger partial charge in [0.1, 0.15) is 0 Å². The molecule has 0 atom stereocenters. The summed E-state index contributed by atoms with van der Waals surface area (Å²) in [6, 6.07) is 6.90. The molecule has 0 amide bonds. The van der Waals surface area contributed by atoms with Gasteiger partial charge in [-0.1, -0.05) is 11.6 Å². The topological polar surface area (TPSA) is 30.0 Å². The SMILES string of the molecule is O=C(c1ccncc1)c1ccc(Cl)c(C(F)F)c1. The first-order valence-electron chi connectivity index (χ1n) is 5.12. The summed E-state index contributed by atoms with van der Waals surface area (Å²) in [5, 5.41) is -0.0451. The maximum atomic E-state index is 12.7. The molecule has 2 rings (SSSR count). The first-order chi connectivity index (χ1) is 8.59. The van der Waals surface area contributed by atoms with Crippen LogP contribution in [-0.2, 0) is 0 Å². The van der Waals surface area contributed by atoms with E-state index >= 15 is 0 Å². The second-order valence-electron chi connectivity index (χ2n) is 3.60. The Bertz CT molecular complexity index is 572. The molecule has 92 valence electrons. The summed E-state index contributed by atoms with van der Waals surface area (Å²) in [4.78, 5) is 15.8. The molecule has 1 aromatic carbocycles. The van der Waals surface area contributed by atoms with Crippen molar-refractivity contribution in [2.75, 3.05) is 0 Å². The van der Waals surface area contributed by atoms with Crippen LogP contribution in [0.1, 0.15) is 27.9 Å². The van der Waals surface area contributed by atoms with E-state index in [4.69, 9.17) is 11.6 Å². The normalized spacial score (nSPS) is 10.7. The number of alkyl halides is 2. The fourth-order valence-electron chi connectivity index (χ4n) is 1.52. The fraction of sp³-hybridized carbons (Fsp3) is 0.0769. The highest BCUT2D eigenvalue weighted by molar-refractivity contribution is 6.31. The summed E-state index contributed by atoms with van der Waals surface area (Å²) >= 11 is 5.64. The number of carbonyl (C=O) groups is 1. The first kappa shape index (κ1) is 12.6. The van der Waals surface area contributed by atoms with Crippen molar-refractivity contribution in [3.05, 3.63) is 64.4 Å². The zero-order chi connectivity index (χ0) is 13.1. The van der Waals surface area contributed by atoms with Crippen LogP contribution in [0.2, 0.25) is 5.02 Å². The van der Waals surface area contributed by atoms with E-state index in [9.17, 15) is 13.6 Å². The Morgan fingerprint density at radius 3 is 2.39 bits per heavy atom. The predicted octanol–water partition coefficient (Wildman–Crippen LogP) is 3.90. The Morgan fingerprint density at radius 1 is 1.11 bits per heavy atom. The van der Waals surface area contributed by atoms with E-state index in [1.807, 2.05) is 0 Å². The smallest absolute Gasteiger partial charge is 0.265 e. The van der Waals surface area contributed by atoms with Gasteiger partial charge in [0, 0.05) is 34.1 Å². The Morgan fingerprint density at radius 2 is 1.78 bits per heavy atom. The average Bonchev–Trinajstić information content (AvgIpc) is 2.39. The van der Waals surface area contributed by atoms with Gasteiger partial charge >= 0.3 is 0 Å². The van der Waals surface area contributed by atoms with Crippen LogP contribution in [-0.4, -0.2) is 10.8 Å². The highest BCUT2D eigenvalue weighted by atomic mass is 35.5. The van der Waals surface area contributed by atoms with Gasteiger partial charge in [-0.25, -0.2) is 8.78 Å². The Labute approximate surface area is 107 Å². The molecule has 1 aromatic heterocycles. The van der Waals surface area contributed by atoms with Crippen LogP contribution in [0.15, 0.2) is 42.7 Å². The second-order valence-corrected chi connectivity index (χ2v) is 4.01. The number of nitrogens with zero attached hydrogens (tertiary/aromatic N) is 1. The minimum atomic E-state index is -2.71. The van der Waals surface area contributed by atoms with E-state index < -0.39 is 6.43 Å². The lowest BCUT2D eigenvalue weighted by Gasteiger charge is -2.06. The maximum Gasteiger partial charge on any atom is 0.265 e. The third kappa shape index (κ3) is 2.54. The number of carbonyl (C=O) groups excluding carboxylic acids is 1. The number of ketones is 1. The van der Waals surface area contributed by atoms with Gasteiger partial charge in [-0.05, 0) is 30.3 Å². The zero-order valence-corrected chi connectivity index (χ0v) is 9.86. The van der Waals surface area contributed by atoms with Gasteiger partial charge < -0.3 is 0 Å². The van der Waals surface area contributed by atoms with Crippen molar-refractivity contribution in [3.63, 3.8) is 0 Å². The molecule has 0 aliphatic heterocycles. The van der Waals surface area contributed by atoms with Gasteiger partial charge in [-0.15, -0.1) is 0 Å². The molecular formula is C13H8ClF2NO. The molecule has 5 heteroatoms. The summed E-state index contributed by atoms with van der Waals surface area (Å²) in [5.41, 5.74) is 0.241. The molecule has 2 nitrogen and oxygen atoms in total. The van der Waals surface area contributed by atoms with Gasteiger partial charge in [0.25, 0.3) is 6.43 Å². The predicted molar refractivity (Wildman–Crippen MR) is 64.1 cm³/mol. The molecular weight excluding hydrogens is 260 g/mol. The van der Waals surface area contributed by atoms with E-state index in [2.05, 4.69) is 4.98 Å². The van der Waals surface area contributed by atoms with Crippen molar-refractivity contribution in [1.29, 1.82) is 0 Å². The van der Waals surface area contributed by atoms with Crippen LogP contribution < -0.4 is 0 Å². The second kappa shape index (κ2) is 5.23. The number of hydrogen-bond donors (Lipinski definition) is 0. The van der Waals surface area contributed by atoms with Crippen molar-refractivity contribution in [2.45, 2.75) is 6.43 Å². The molecule has 0 fully saturated rings. The number of hydrogen-bond acceptors (Lipinski definition) is 2. The van der Waals surface area contributed by atoms with Crippen LogP contribution in [0.25, 0.3) is 0 Å². The molecule has 0 unspecified atom stereocenters. The van der Waals surface area contributed by atoms with Crippen LogP contribution >= 0.6 is 11.6 Å². The number of aromatic nitrogens is 1. The van der Waals surface area contributed by atoms with Crippen LogP contribution in [0.4, 0.5) is 8.78 Å². The third-order valence-electron chi connectivity index (χ3n) is 2.44. The molecule has 0 N–H and O–H groups in total. The lowest BCUT2D eigenvalue weighted by molar-refractivity contribution is 0.103. The standard InChI is InChI=1S/C13H8ClF2NO/c14-11-2-1-9(7-10(11)13(15)16)12(18)8-3-5-17-6-4-8/h1-7,13H. The Hall–Kier alpha value is -1.81. The summed E-state index contributed by atoms with van der Waals surface area (Å²) < 4.78 is 25.3. The number of halogens is 3. The minimum Gasteiger partial charge on any atom is -0.289 e. The largest absolute Gasteiger partial charge is 0.289 e. The molecule has 1 heterocycles. The molecule has 0 radical (unpaired) electrons. The highest BCUT2D eigenvalue weighted by Crippen LogP contribution is 2.28. The summed E-state index contributed by atoms with van der Waals surface area (Å²) in [6.07, 6.45) is 0.233. The van der Waals surface area contributed by atoms with Crippen molar-refractivity contribution in [2.24, 2.45) is 0 Å². The molecule has 2 aromatic rings. The fourth-order valence-corrected chi connectivity index (χ4v) is 1.72. The van der Waals surface area contributed by atoms with Crippen molar-refractivity contribution in [1.82, 2.24) is 4.98 Å². The summed E-state index contributed by atoms with van der Waals surface area (Å²) in [5.74, 6) is -0.337. The zero-order valence-electron chi connectivity index (χ0n) is 9.11. The van der Waals surface area contributed by atoms with E-state index in [1.165, 1.54) is 36.7 Å². The number of rotatable bonds is 3. The van der Waals surface area contributed by atoms with Crippen LogP contribution in [0, 0.1) is 0 Å². The molecule has 0 saturated carbocycles. The van der Waals surface area contributed by atoms with Crippen molar-refractivity contribution >= 4 is 17.4 Å². The molecule has 0 saturated heterocycles. The quantitative estimate of drug-likeness (QED) is 0.790. The third-order valence-corrected chi connectivity index (χ3v) is 2.78. The lowest BCUT2D eigenvalue weighted by atomic mass is 10.0. The average molecular weight is 268 g/mol. The summed E-state index contributed by atoms with van der Waals surface area (Å²) in [6.45, 7) is 0.